The minimum Gasteiger partial charge on any atom is -0.342 e. The summed E-state index contributed by atoms with van der Waals surface area (Å²) in [6, 6.07) is 34.5. The lowest BCUT2D eigenvalue weighted by Crippen LogP contribution is -2.59. The Morgan fingerprint density at radius 3 is 1.14 bits per heavy atom. The number of amides is 6. The number of likely N-dealkylation sites (N-methyl/N-ethyl adjacent to an activating group) is 2. The number of likely N-dealkylation sites (tertiary alicyclic amines) is 2. The number of carbonyl (C=O) groups is 6. The maximum Gasteiger partial charge on any atom is 0.246 e. The van der Waals surface area contributed by atoms with Crippen LogP contribution in [0.25, 0.3) is 22.3 Å². The van der Waals surface area contributed by atoms with Crippen molar-refractivity contribution >= 4 is 35.4 Å². The molecule has 2 aliphatic rings. The smallest absolute Gasteiger partial charge is 0.246 e. The molecule has 2 saturated heterocycles. The van der Waals surface area contributed by atoms with Gasteiger partial charge in [0.25, 0.3) is 0 Å². The van der Waals surface area contributed by atoms with E-state index in [0.29, 0.717) is 52.1 Å². The van der Waals surface area contributed by atoms with Gasteiger partial charge in [0.15, 0.2) is 0 Å². The first-order valence-electron chi connectivity index (χ1n) is 29.6. The molecule has 0 spiro atoms. The fraction of sp³-hybridized carbons (Fsp3) is 0.545. The van der Waals surface area contributed by atoms with E-state index in [9.17, 15) is 28.8 Å². The lowest BCUT2D eigenvalue weighted by molar-refractivity contribution is -0.142. The zero-order valence-electron chi connectivity index (χ0n) is 49.8. The van der Waals surface area contributed by atoms with E-state index < -0.39 is 35.0 Å². The van der Waals surface area contributed by atoms with Crippen LogP contribution in [-0.4, -0.2) is 132 Å². The molecule has 2 heterocycles. The van der Waals surface area contributed by atoms with Crippen molar-refractivity contribution in [1.82, 2.24) is 40.9 Å². The number of rotatable bonds is 27. The summed E-state index contributed by atoms with van der Waals surface area (Å²) >= 11 is 0. The van der Waals surface area contributed by atoms with Crippen molar-refractivity contribution < 1.29 is 28.8 Å². The standard InChI is InChI=1S/C66H94N8O6/c1-47(67-9)61(77)69-59(65(3,4)5)63(79)73-41-23-29-55(73)45-71(43-49-33-37-53(38-34-49)51-25-17-15-18-26-51)57(75)31-21-13-11-12-14-22-32-58(76)72(44-50-35-39-54(40-36-50)52-27-19-16-20-28-52)46-56-30-24-42-74(56)64(80)60(66(6,7)8)70-62(78)48(2)68-10/h15-20,25-28,33-40,47-48,55-56,59-60,67-68H,11-14,21-24,29-32,41-46H2,1-10H3,(H,69,77)(H,70,78)/t47-,48-,55-,56-,59+,60?/m0/s1. The predicted octanol–water partition coefficient (Wildman–Crippen LogP) is 9.76. The molecule has 0 radical (unpaired) electrons. The molecule has 0 aromatic heterocycles. The number of unbranched alkanes of at least 4 members (excludes halogenated alkanes) is 5. The quantitative estimate of drug-likeness (QED) is 0.0429. The molecular weight excluding hydrogens is 1000 g/mol. The third-order valence-corrected chi connectivity index (χ3v) is 16.2. The van der Waals surface area contributed by atoms with Crippen molar-refractivity contribution in [3.05, 3.63) is 120 Å². The van der Waals surface area contributed by atoms with Crippen LogP contribution in [0.2, 0.25) is 0 Å². The highest BCUT2D eigenvalue weighted by Gasteiger charge is 2.42. The van der Waals surface area contributed by atoms with E-state index in [0.717, 1.165) is 97.6 Å². The molecule has 1 unspecified atom stereocenters. The average Bonchev–Trinajstić information content (AvgIpc) is 4.14. The monoisotopic (exact) mass is 1090 g/mol. The Morgan fingerprint density at radius 1 is 0.487 bits per heavy atom. The summed E-state index contributed by atoms with van der Waals surface area (Å²) in [6.07, 6.45) is 9.09. The molecule has 6 amide bonds. The van der Waals surface area contributed by atoms with E-state index in [4.69, 9.17) is 0 Å². The molecule has 434 valence electrons. The van der Waals surface area contributed by atoms with Gasteiger partial charge in [0.1, 0.15) is 12.1 Å². The Hall–Kier alpha value is -6.38. The predicted molar refractivity (Wildman–Crippen MR) is 321 cm³/mol. The number of hydrogen-bond donors (Lipinski definition) is 4. The molecule has 0 aliphatic carbocycles. The topological polar surface area (TPSA) is 163 Å². The van der Waals surface area contributed by atoms with Gasteiger partial charge in [0.2, 0.25) is 35.4 Å². The fourth-order valence-electron chi connectivity index (χ4n) is 11.0. The second kappa shape index (κ2) is 29.9. The molecule has 2 fully saturated rings. The van der Waals surface area contributed by atoms with Crippen LogP contribution >= 0.6 is 0 Å². The number of hydrogen-bond acceptors (Lipinski definition) is 8. The lowest BCUT2D eigenvalue weighted by Gasteiger charge is -2.37. The van der Waals surface area contributed by atoms with Crippen molar-refractivity contribution in [3.8, 4) is 22.3 Å². The maximum absolute atomic E-state index is 14.4. The van der Waals surface area contributed by atoms with Gasteiger partial charge in [0, 0.05) is 64.2 Å². The minimum absolute atomic E-state index is 0.0601. The summed E-state index contributed by atoms with van der Waals surface area (Å²) in [5, 5.41) is 12.0. The van der Waals surface area contributed by atoms with Gasteiger partial charge in [-0.2, -0.15) is 0 Å². The van der Waals surface area contributed by atoms with Crippen molar-refractivity contribution in [2.45, 2.75) is 182 Å². The van der Waals surface area contributed by atoms with Crippen LogP contribution in [0, 0.1) is 10.8 Å². The molecule has 6 atom stereocenters. The van der Waals surface area contributed by atoms with Gasteiger partial charge in [-0.3, -0.25) is 28.8 Å². The van der Waals surface area contributed by atoms with Gasteiger partial charge in [0.05, 0.1) is 12.1 Å². The second-order valence-corrected chi connectivity index (χ2v) is 24.6. The Morgan fingerprint density at radius 2 is 0.812 bits per heavy atom. The zero-order valence-corrected chi connectivity index (χ0v) is 49.8. The fourth-order valence-corrected chi connectivity index (χ4v) is 11.0. The first kappa shape index (κ1) is 62.8. The van der Waals surface area contributed by atoms with Crippen molar-refractivity contribution in [1.29, 1.82) is 0 Å². The largest absolute Gasteiger partial charge is 0.342 e. The second-order valence-electron chi connectivity index (χ2n) is 24.6. The first-order chi connectivity index (χ1) is 38.2. The lowest BCUT2D eigenvalue weighted by atomic mass is 9.85. The SMILES string of the molecule is CN[C@@H](C)C(=O)NC(C(=O)N1CCC[C@H]1CN(Cc1ccc(-c2ccccc2)cc1)C(=O)CCCCCCCCC(=O)N(Cc1ccc(-c2ccccc2)cc1)C[C@@H]1CCCN1C(=O)[C@@H](NC(=O)[C@H](C)NC)C(C)(C)C)C(C)(C)C. The summed E-state index contributed by atoms with van der Waals surface area (Å²) in [7, 11) is 3.45. The van der Waals surface area contributed by atoms with Crippen LogP contribution in [-0.2, 0) is 41.9 Å². The molecule has 0 saturated carbocycles. The van der Waals surface area contributed by atoms with E-state index in [1.54, 1.807) is 27.9 Å². The first-order valence-corrected chi connectivity index (χ1v) is 29.6. The molecule has 2 aliphatic heterocycles. The Bertz CT molecular complexity index is 2430. The number of nitrogens with one attached hydrogen (secondary N) is 4. The van der Waals surface area contributed by atoms with Gasteiger partial charge in [-0.15, -0.1) is 0 Å². The van der Waals surface area contributed by atoms with Crippen LogP contribution in [0.3, 0.4) is 0 Å². The molecule has 80 heavy (non-hydrogen) atoms. The van der Waals surface area contributed by atoms with E-state index in [-0.39, 0.29) is 47.5 Å². The van der Waals surface area contributed by atoms with E-state index >= 15 is 0 Å². The number of benzene rings is 4. The normalized spacial score (nSPS) is 17.1. The Labute approximate surface area is 478 Å². The third-order valence-electron chi connectivity index (χ3n) is 16.2. The molecular formula is C66H94N8O6. The van der Waals surface area contributed by atoms with Crippen LogP contribution in [0.4, 0.5) is 0 Å². The highest BCUT2D eigenvalue weighted by Crippen LogP contribution is 2.30. The maximum atomic E-state index is 14.4. The van der Waals surface area contributed by atoms with Gasteiger partial charge < -0.3 is 40.9 Å². The Balaban J connectivity index is 1.06. The molecule has 4 aromatic carbocycles. The average molecular weight is 1100 g/mol. The molecule has 0 bridgehead atoms. The van der Waals surface area contributed by atoms with E-state index in [1.807, 2.05) is 97.5 Å². The van der Waals surface area contributed by atoms with Crippen LogP contribution in [0.1, 0.15) is 144 Å². The zero-order chi connectivity index (χ0) is 58.0. The summed E-state index contributed by atoms with van der Waals surface area (Å²) in [5.74, 6) is -0.553. The van der Waals surface area contributed by atoms with Crippen LogP contribution in [0.15, 0.2) is 109 Å². The van der Waals surface area contributed by atoms with Gasteiger partial charge in [-0.1, -0.05) is 176 Å². The van der Waals surface area contributed by atoms with Crippen molar-refractivity contribution in [2.24, 2.45) is 10.8 Å². The Kier molecular flexibility index (Phi) is 23.5. The highest BCUT2D eigenvalue weighted by molar-refractivity contribution is 5.91. The van der Waals surface area contributed by atoms with Crippen molar-refractivity contribution in [3.63, 3.8) is 0 Å². The highest BCUT2D eigenvalue weighted by atomic mass is 16.2. The summed E-state index contributed by atoms with van der Waals surface area (Å²) < 4.78 is 0. The van der Waals surface area contributed by atoms with Crippen LogP contribution in [0.5, 0.6) is 0 Å². The number of nitrogens with zero attached hydrogens (tertiary/aromatic N) is 4. The number of carbonyl (C=O) groups excluding carboxylic acids is 6. The summed E-state index contributed by atoms with van der Waals surface area (Å²) in [4.78, 5) is 91.3. The van der Waals surface area contributed by atoms with Crippen LogP contribution < -0.4 is 21.3 Å². The molecule has 14 nitrogen and oxygen atoms in total. The van der Waals surface area contributed by atoms with Gasteiger partial charge in [-0.05, 0) is 111 Å². The van der Waals surface area contributed by atoms with E-state index in [2.05, 4.69) is 94.1 Å². The molecule has 4 aromatic rings. The molecule has 14 heteroatoms. The molecule has 4 N–H and O–H groups in total. The molecule has 6 rings (SSSR count). The third kappa shape index (κ3) is 18.1. The van der Waals surface area contributed by atoms with Gasteiger partial charge in [-0.25, -0.2) is 0 Å². The van der Waals surface area contributed by atoms with Crippen molar-refractivity contribution in [2.75, 3.05) is 40.3 Å². The summed E-state index contributed by atoms with van der Waals surface area (Å²) in [5.41, 5.74) is 5.45. The minimum atomic E-state index is -0.719. The van der Waals surface area contributed by atoms with Gasteiger partial charge >= 0.3 is 0 Å². The van der Waals surface area contributed by atoms with E-state index in [1.165, 1.54) is 0 Å². The summed E-state index contributed by atoms with van der Waals surface area (Å²) in [6.45, 7) is 18.2.